The van der Waals surface area contributed by atoms with Crippen molar-refractivity contribution in [1.29, 1.82) is 0 Å². The molecule has 1 fully saturated rings. The molecule has 0 radical (unpaired) electrons. The molecule has 186 valence electrons. The van der Waals surface area contributed by atoms with E-state index in [-0.39, 0.29) is 28.7 Å². The molecule has 3 aromatic rings. The van der Waals surface area contributed by atoms with Crippen molar-refractivity contribution in [2.24, 2.45) is 7.05 Å². The number of halogens is 5. The van der Waals surface area contributed by atoms with Crippen LogP contribution < -0.4 is 0 Å². The summed E-state index contributed by atoms with van der Waals surface area (Å²) in [7, 11) is 1.63. The smallest absolute Gasteiger partial charge is 0.331 e. The molecular weight excluding hydrogens is 502 g/mol. The molecule has 10 heteroatoms. The number of hydrogen-bond acceptors (Lipinski definition) is 3. The number of carbonyl (C=O) groups is 2. The highest BCUT2D eigenvalue weighted by atomic mass is 35.5. The number of amides is 1. The van der Waals surface area contributed by atoms with Crippen molar-refractivity contribution >= 4 is 45.9 Å². The van der Waals surface area contributed by atoms with Crippen LogP contribution in [0.2, 0.25) is 10.0 Å². The first-order valence-corrected chi connectivity index (χ1v) is 12.0. The van der Waals surface area contributed by atoms with Crippen molar-refractivity contribution in [3.8, 4) is 0 Å². The van der Waals surface area contributed by atoms with Crippen molar-refractivity contribution in [3.05, 3.63) is 62.4 Å². The van der Waals surface area contributed by atoms with Crippen LogP contribution >= 0.6 is 23.2 Å². The van der Waals surface area contributed by atoms with Crippen LogP contribution in [0, 0.1) is 6.92 Å². The van der Waals surface area contributed by atoms with E-state index in [0.717, 1.165) is 18.6 Å². The topological polar surface area (TPSA) is 55.2 Å². The van der Waals surface area contributed by atoms with Crippen LogP contribution in [0.4, 0.5) is 13.2 Å². The van der Waals surface area contributed by atoms with Crippen LogP contribution in [0.5, 0.6) is 0 Å². The predicted molar refractivity (Wildman–Crippen MR) is 129 cm³/mol. The molecule has 0 unspecified atom stereocenters. The number of hydrogen-bond donors (Lipinski definition) is 0. The fourth-order valence-corrected chi connectivity index (χ4v) is 5.23. The Kier molecular flexibility index (Phi) is 6.90. The summed E-state index contributed by atoms with van der Waals surface area (Å²) in [5.41, 5.74) is 1.12. The van der Waals surface area contributed by atoms with Gasteiger partial charge in [0.2, 0.25) is 0 Å². The van der Waals surface area contributed by atoms with Gasteiger partial charge in [0.15, 0.2) is 5.78 Å². The van der Waals surface area contributed by atoms with Gasteiger partial charge in [0, 0.05) is 31.5 Å². The summed E-state index contributed by atoms with van der Waals surface area (Å²) in [6.07, 6.45) is -2.66. The first-order chi connectivity index (χ1) is 16.4. The predicted octanol–water partition coefficient (Wildman–Crippen LogP) is 6.38. The summed E-state index contributed by atoms with van der Waals surface area (Å²) < 4.78 is 41.5. The van der Waals surface area contributed by atoms with Gasteiger partial charge in [-0.05, 0) is 55.2 Å². The van der Waals surface area contributed by atoms with E-state index in [1.54, 1.807) is 36.4 Å². The number of imidazole rings is 1. The second-order valence-corrected chi connectivity index (χ2v) is 9.57. The molecule has 1 aliphatic rings. The molecule has 4 rings (SSSR count). The number of aromatic nitrogens is 2. The molecule has 0 saturated carbocycles. The maximum Gasteiger partial charge on any atom is 0.416 e. The number of fused-ring (bicyclic) bond motifs is 1. The maximum absolute atomic E-state index is 13.3. The van der Waals surface area contributed by atoms with Crippen LogP contribution in [0.1, 0.15) is 59.1 Å². The van der Waals surface area contributed by atoms with Gasteiger partial charge in [-0.3, -0.25) is 9.59 Å². The minimum atomic E-state index is -4.47. The van der Waals surface area contributed by atoms with Crippen LogP contribution in [0.15, 0.2) is 24.3 Å². The van der Waals surface area contributed by atoms with E-state index >= 15 is 0 Å². The van der Waals surface area contributed by atoms with Gasteiger partial charge in [0.25, 0.3) is 5.91 Å². The zero-order chi connectivity index (χ0) is 25.7. The first kappa shape index (κ1) is 25.5. The molecule has 35 heavy (non-hydrogen) atoms. The average molecular weight is 526 g/mol. The van der Waals surface area contributed by atoms with Crippen molar-refractivity contribution < 1.29 is 22.8 Å². The molecule has 1 saturated heterocycles. The van der Waals surface area contributed by atoms with E-state index in [2.05, 4.69) is 4.98 Å². The van der Waals surface area contributed by atoms with Gasteiger partial charge in [-0.1, -0.05) is 30.1 Å². The average Bonchev–Trinajstić information content (AvgIpc) is 3.41. The monoisotopic (exact) mass is 525 g/mol. The first-order valence-electron chi connectivity index (χ1n) is 11.3. The molecule has 2 aromatic carbocycles. The highest BCUT2D eigenvalue weighted by Gasteiger charge is 2.35. The summed E-state index contributed by atoms with van der Waals surface area (Å²) in [5.74, 6) is 0.123. The lowest BCUT2D eigenvalue weighted by atomic mass is 10.0. The Hall–Kier alpha value is -2.58. The molecule has 0 spiro atoms. The third kappa shape index (κ3) is 4.66. The van der Waals surface area contributed by atoms with Crippen LogP contribution in [-0.4, -0.2) is 38.7 Å². The van der Waals surface area contributed by atoms with Crippen molar-refractivity contribution in [3.63, 3.8) is 0 Å². The summed E-state index contributed by atoms with van der Waals surface area (Å²) in [6.45, 7) is 3.82. The third-order valence-electron chi connectivity index (χ3n) is 6.58. The fourth-order valence-electron chi connectivity index (χ4n) is 4.64. The van der Waals surface area contributed by atoms with E-state index in [1.807, 2.05) is 0 Å². The second-order valence-electron chi connectivity index (χ2n) is 8.79. The number of Topliss-reactive ketones (excluding diaryl/α,β-unsaturated/α-hetero) is 1. The number of carbonyl (C=O) groups excluding carboxylic acids is 2. The van der Waals surface area contributed by atoms with Crippen LogP contribution in [-0.2, 0) is 24.4 Å². The van der Waals surface area contributed by atoms with E-state index in [1.165, 1.54) is 6.07 Å². The Labute approximate surface area is 210 Å². The highest BCUT2D eigenvalue weighted by molar-refractivity contribution is 6.38. The largest absolute Gasteiger partial charge is 0.416 e. The molecule has 1 aromatic heterocycles. The second kappa shape index (κ2) is 9.47. The molecule has 0 aliphatic carbocycles. The van der Waals surface area contributed by atoms with Crippen molar-refractivity contribution in [2.45, 2.75) is 51.7 Å². The normalized spacial score (nSPS) is 16.3. The molecule has 5 nitrogen and oxygen atoms in total. The quantitative estimate of drug-likeness (QED) is 0.388. The molecule has 1 atom stereocenters. The highest BCUT2D eigenvalue weighted by Crippen LogP contribution is 2.35. The summed E-state index contributed by atoms with van der Waals surface area (Å²) in [5, 5.41) is 0.464. The Morgan fingerprint density at radius 1 is 1.20 bits per heavy atom. The zero-order valence-corrected chi connectivity index (χ0v) is 21.0. The van der Waals surface area contributed by atoms with Gasteiger partial charge in [0.05, 0.1) is 33.2 Å². The minimum absolute atomic E-state index is 0.00876. The number of benzene rings is 2. The summed E-state index contributed by atoms with van der Waals surface area (Å²) in [4.78, 5) is 31.7. The number of ketones is 1. The Bertz CT molecular complexity index is 1330. The molecule has 0 bridgehead atoms. The van der Waals surface area contributed by atoms with Crippen molar-refractivity contribution in [1.82, 2.24) is 14.5 Å². The number of likely N-dealkylation sites (tertiary alicyclic amines) is 1. The maximum atomic E-state index is 13.3. The minimum Gasteiger partial charge on any atom is -0.331 e. The summed E-state index contributed by atoms with van der Waals surface area (Å²) >= 11 is 13.1. The van der Waals surface area contributed by atoms with Gasteiger partial charge in [-0.2, -0.15) is 13.2 Å². The standard InChI is InChI=1S/C25H24Cl2F3N3O2/c1-4-20(34)18-6-5-9-33(18)24(35)15-7-8-17(26)16(22(15)27)12-21-31-23-13(2)10-14(25(28,29)30)11-19(23)32(21)3/h7-8,10-11,18H,4-6,9,12H2,1-3H3/t18-/m0/s1. The van der Waals surface area contributed by atoms with Gasteiger partial charge < -0.3 is 9.47 Å². The fraction of sp³-hybridized carbons (Fsp3) is 0.400. The lowest BCUT2D eigenvalue weighted by molar-refractivity contribution is -0.137. The van der Waals surface area contributed by atoms with E-state index in [9.17, 15) is 22.8 Å². The third-order valence-corrected chi connectivity index (χ3v) is 7.37. The Morgan fingerprint density at radius 3 is 2.57 bits per heavy atom. The van der Waals surface area contributed by atoms with Crippen LogP contribution in [0.3, 0.4) is 0 Å². The lowest BCUT2D eigenvalue weighted by Gasteiger charge is -2.24. The van der Waals surface area contributed by atoms with E-state index in [0.29, 0.717) is 52.4 Å². The van der Waals surface area contributed by atoms with Gasteiger partial charge in [0.1, 0.15) is 5.82 Å². The van der Waals surface area contributed by atoms with Gasteiger partial charge in [-0.25, -0.2) is 4.98 Å². The summed E-state index contributed by atoms with van der Waals surface area (Å²) in [6, 6.07) is 4.78. The SMILES string of the molecule is CCC(=O)[C@@H]1CCCN1C(=O)c1ccc(Cl)c(Cc2nc3c(C)cc(C(F)(F)F)cc3n2C)c1Cl. The molecule has 1 amide bonds. The number of aryl methyl sites for hydroxylation is 2. The Balaban J connectivity index is 1.72. The molecular formula is C25H24Cl2F3N3O2. The number of nitrogens with zero attached hydrogens (tertiary/aromatic N) is 3. The van der Waals surface area contributed by atoms with Gasteiger partial charge >= 0.3 is 6.18 Å². The Morgan fingerprint density at radius 2 is 1.91 bits per heavy atom. The van der Waals surface area contributed by atoms with Crippen molar-refractivity contribution in [2.75, 3.05) is 6.54 Å². The van der Waals surface area contributed by atoms with Crippen LogP contribution in [0.25, 0.3) is 11.0 Å². The lowest BCUT2D eigenvalue weighted by Crippen LogP contribution is -2.40. The molecule has 1 aliphatic heterocycles. The van der Waals surface area contributed by atoms with E-state index in [4.69, 9.17) is 23.2 Å². The number of alkyl halides is 3. The zero-order valence-electron chi connectivity index (χ0n) is 19.5. The molecule has 0 N–H and O–H groups in total. The molecule has 2 heterocycles. The van der Waals surface area contributed by atoms with E-state index < -0.39 is 17.8 Å². The van der Waals surface area contributed by atoms with Gasteiger partial charge in [-0.15, -0.1) is 0 Å². The number of rotatable bonds is 5.